The second kappa shape index (κ2) is 4.70. The van der Waals surface area contributed by atoms with Crippen molar-refractivity contribution in [1.82, 2.24) is 24.1 Å². The molecule has 3 rings (SSSR count). The third kappa shape index (κ3) is 1.88. The maximum atomic E-state index is 8.30. The standard InChI is InChI=1S/C14H18N6/c1-4-5-6-20-8-16-13-10(12(20)15)7-11-14(18-13)19(3)9(2)17-11/h7-8,15H,4-6H2,1-3H3. The number of pyridine rings is 1. The molecule has 3 aromatic rings. The average Bonchev–Trinajstić information content (AvgIpc) is 2.72. The van der Waals surface area contributed by atoms with Crippen LogP contribution in [0, 0.1) is 12.3 Å². The molecule has 0 radical (unpaired) electrons. The second-order valence-electron chi connectivity index (χ2n) is 5.06. The van der Waals surface area contributed by atoms with Gasteiger partial charge in [-0.2, -0.15) is 0 Å². The summed E-state index contributed by atoms with van der Waals surface area (Å²) < 4.78 is 3.81. The first kappa shape index (κ1) is 12.8. The summed E-state index contributed by atoms with van der Waals surface area (Å²) >= 11 is 0. The van der Waals surface area contributed by atoms with E-state index in [1.807, 2.05) is 29.2 Å². The Labute approximate surface area is 116 Å². The zero-order valence-corrected chi connectivity index (χ0v) is 12.0. The molecule has 0 fully saturated rings. The molecular weight excluding hydrogens is 252 g/mol. The fraction of sp³-hybridized carbons (Fsp3) is 0.429. The fourth-order valence-corrected chi connectivity index (χ4v) is 2.32. The van der Waals surface area contributed by atoms with E-state index in [1.54, 1.807) is 6.33 Å². The summed E-state index contributed by atoms with van der Waals surface area (Å²) in [4.78, 5) is 13.4. The molecule has 0 unspecified atom stereocenters. The Morgan fingerprint density at radius 2 is 2.10 bits per heavy atom. The Morgan fingerprint density at radius 3 is 2.85 bits per heavy atom. The number of nitrogens with zero attached hydrogens (tertiary/aromatic N) is 5. The first-order valence-corrected chi connectivity index (χ1v) is 6.85. The summed E-state index contributed by atoms with van der Waals surface area (Å²) in [6.45, 7) is 4.90. The minimum absolute atomic E-state index is 0.459. The normalized spacial score (nSPS) is 11.6. The van der Waals surface area contributed by atoms with Crippen LogP contribution >= 0.6 is 0 Å². The second-order valence-corrected chi connectivity index (χ2v) is 5.06. The number of aromatic nitrogens is 5. The van der Waals surface area contributed by atoms with Gasteiger partial charge in [0.25, 0.3) is 0 Å². The molecule has 0 spiro atoms. The van der Waals surface area contributed by atoms with Gasteiger partial charge >= 0.3 is 0 Å². The van der Waals surface area contributed by atoms with Gasteiger partial charge in [0.1, 0.15) is 16.8 Å². The lowest BCUT2D eigenvalue weighted by Crippen LogP contribution is -2.21. The molecular formula is C14H18N6. The van der Waals surface area contributed by atoms with Crippen LogP contribution in [-0.2, 0) is 13.6 Å². The van der Waals surface area contributed by atoms with Gasteiger partial charge in [-0.25, -0.2) is 15.0 Å². The van der Waals surface area contributed by atoms with Crippen LogP contribution in [0.4, 0.5) is 0 Å². The van der Waals surface area contributed by atoms with Crippen molar-refractivity contribution < 1.29 is 0 Å². The molecule has 0 aromatic carbocycles. The van der Waals surface area contributed by atoms with Crippen molar-refractivity contribution in [3.05, 3.63) is 23.7 Å². The molecule has 6 heteroatoms. The minimum Gasteiger partial charge on any atom is -0.317 e. The van der Waals surface area contributed by atoms with E-state index in [0.29, 0.717) is 11.1 Å². The van der Waals surface area contributed by atoms with Crippen molar-refractivity contribution >= 4 is 22.2 Å². The first-order chi connectivity index (χ1) is 9.61. The fourth-order valence-electron chi connectivity index (χ4n) is 2.32. The van der Waals surface area contributed by atoms with Crippen LogP contribution in [0.15, 0.2) is 12.4 Å². The highest BCUT2D eigenvalue weighted by molar-refractivity contribution is 5.86. The van der Waals surface area contributed by atoms with Gasteiger partial charge in [0.2, 0.25) is 0 Å². The van der Waals surface area contributed by atoms with E-state index in [4.69, 9.17) is 5.41 Å². The van der Waals surface area contributed by atoms with Crippen LogP contribution in [0.3, 0.4) is 0 Å². The van der Waals surface area contributed by atoms with Gasteiger partial charge < -0.3 is 9.13 Å². The number of nitrogens with one attached hydrogen (secondary N) is 1. The van der Waals surface area contributed by atoms with Crippen molar-refractivity contribution in [2.24, 2.45) is 7.05 Å². The Hall–Kier alpha value is -2.24. The van der Waals surface area contributed by atoms with Crippen LogP contribution in [0.1, 0.15) is 25.6 Å². The van der Waals surface area contributed by atoms with Crippen molar-refractivity contribution in [2.45, 2.75) is 33.2 Å². The van der Waals surface area contributed by atoms with Gasteiger partial charge in [0.15, 0.2) is 11.3 Å². The number of aryl methyl sites for hydroxylation is 3. The zero-order valence-electron chi connectivity index (χ0n) is 12.0. The Kier molecular flexibility index (Phi) is 3.00. The molecule has 1 N–H and O–H groups in total. The van der Waals surface area contributed by atoms with Crippen molar-refractivity contribution in [1.29, 1.82) is 5.41 Å². The number of unbranched alkanes of at least 4 members (excludes halogenated alkanes) is 1. The van der Waals surface area contributed by atoms with Crippen molar-refractivity contribution in [3.8, 4) is 0 Å². The number of rotatable bonds is 3. The van der Waals surface area contributed by atoms with Gasteiger partial charge in [0.05, 0.1) is 11.7 Å². The first-order valence-electron chi connectivity index (χ1n) is 6.85. The Bertz CT molecular complexity index is 842. The molecule has 6 nitrogen and oxygen atoms in total. The molecule has 0 aliphatic carbocycles. The molecule has 3 aromatic heterocycles. The Balaban J connectivity index is 2.26. The summed E-state index contributed by atoms with van der Waals surface area (Å²) in [5.74, 6) is 0.910. The molecule has 104 valence electrons. The number of fused-ring (bicyclic) bond motifs is 2. The molecule has 0 amide bonds. The van der Waals surface area contributed by atoms with Gasteiger partial charge in [-0.15, -0.1) is 0 Å². The van der Waals surface area contributed by atoms with E-state index in [1.165, 1.54) is 0 Å². The SMILES string of the molecule is CCCCn1cnc2nc3c(cc2c1=N)nc(C)n3C. The van der Waals surface area contributed by atoms with Crippen LogP contribution in [0.2, 0.25) is 0 Å². The quantitative estimate of drug-likeness (QED) is 0.790. The van der Waals surface area contributed by atoms with Crippen LogP contribution in [-0.4, -0.2) is 24.1 Å². The van der Waals surface area contributed by atoms with Gasteiger partial charge in [-0.05, 0) is 19.4 Å². The lowest BCUT2D eigenvalue weighted by Gasteiger charge is -2.07. The maximum Gasteiger partial charge on any atom is 0.167 e. The van der Waals surface area contributed by atoms with Gasteiger partial charge in [-0.1, -0.05) is 13.3 Å². The highest BCUT2D eigenvalue weighted by Gasteiger charge is 2.10. The molecule has 0 saturated heterocycles. The molecule has 0 saturated carbocycles. The van der Waals surface area contributed by atoms with Gasteiger partial charge in [0, 0.05) is 13.6 Å². The average molecular weight is 270 g/mol. The van der Waals surface area contributed by atoms with E-state index in [-0.39, 0.29) is 0 Å². The van der Waals surface area contributed by atoms with E-state index >= 15 is 0 Å². The summed E-state index contributed by atoms with van der Waals surface area (Å²) in [6.07, 6.45) is 3.85. The number of imidazole rings is 1. The third-order valence-electron chi connectivity index (χ3n) is 3.66. The zero-order chi connectivity index (χ0) is 14.3. The molecule has 3 heterocycles. The predicted molar refractivity (Wildman–Crippen MR) is 77.3 cm³/mol. The lowest BCUT2D eigenvalue weighted by molar-refractivity contribution is 0.596. The smallest absolute Gasteiger partial charge is 0.167 e. The maximum absolute atomic E-state index is 8.30. The number of hydrogen-bond acceptors (Lipinski definition) is 4. The van der Waals surface area contributed by atoms with E-state index in [9.17, 15) is 0 Å². The summed E-state index contributed by atoms with van der Waals surface area (Å²) in [6, 6.07) is 1.92. The van der Waals surface area contributed by atoms with Crippen molar-refractivity contribution in [2.75, 3.05) is 0 Å². The van der Waals surface area contributed by atoms with Crippen LogP contribution in [0.5, 0.6) is 0 Å². The molecule has 20 heavy (non-hydrogen) atoms. The lowest BCUT2D eigenvalue weighted by atomic mass is 10.3. The van der Waals surface area contributed by atoms with E-state index in [0.717, 1.165) is 41.8 Å². The molecule has 0 atom stereocenters. The van der Waals surface area contributed by atoms with Crippen LogP contribution < -0.4 is 5.49 Å². The highest BCUT2D eigenvalue weighted by atomic mass is 15.1. The van der Waals surface area contributed by atoms with Crippen LogP contribution in [0.25, 0.3) is 22.2 Å². The summed E-state index contributed by atoms with van der Waals surface area (Å²) in [7, 11) is 1.94. The highest BCUT2D eigenvalue weighted by Crippen LogP contribution is 2.16. The monoisotopic (exact) mass is 270 g/mol. The third-order valence-corrected chi connectivity index (χ3v) is 3.66. The Morgan fingerprint density at radius 1 is 1.30 bits per heavy atom. The minimum atomic E-state index is 0.459. The number of hydrogen-bond donors (Lipinski definition) is 1. The molecule has 0 bridgehead atoms. The topological polar surface area (TPSA) is 72.4 Å². The van der Waals surface area contributed by atoms with E-state index in [2.05, 4.69) is 21.9 Å². The molecule has 0 aliphatic rings. The largest absolute Gasteiger partial charge is 0.317 e. The van der Waals surface area contributed by atoms with Gasteiger partial charge in [-0.3, -0.25) is 5.41 Å². The summed E-state index contributed by atoms with van der Waals surface area (Å²) in [5.41, 5.74) is 2.70. The predicted octanol–water partition coefficient (Wildman–Crippen LogP) is 1.91. The van der Waals surface area contributed by atoms with E-state index < -0.39 is 0 Å². The van der Waals surface area contributed by atoms with Crippen molar-refractivity contribution in [3.63, 3.8) is 0 Å². The molecule has 0 aliphatic heterocycles. The summed E-state index contributed by atoms with van der Waals surface area (Å²) in [5, 5.41) is 9.06.